The second kappa shape index (κ2) is 7.46. The van der Waals surface area contributed by atoms with Gasteiger partial charge in [-0.05, 0) is 50.7 Å². The molecule has 148 valence electrons. The monoisotopic (exact) mass is 390 g/mol. The molecule has 3 aliphatic rings. The van der Waals surface area contributed by atoms with Crippen molar-refractivity contribution in [3.05, 3.63) is 29.3 Å². The van der Waals surface area contributed by atoms with Crippen molar-refractivity contribution in [2.45, 2.75) is 64.0 Å². The average Bonchev–Trinajstić information content (AvgIpc) is 3.25. The Hall–Kier alpha value is -1.56. The van der Waals surface area contributed by atoms with Gasteiger partial charge in [0.1, 0.15) is 0 Å². The SMILES string of the molecule is Cc1ccc2c(c1)CCCN2CC(=O)N(C1CCCC1)[C@@H]1CCS(=O)(=O)C1. The molecule has 0 N–H and O–H groups in total. The summed E-state index contributed by atoms with van der Waals surface area (Å²) in [5.74, 6) is 0.475. The summed E-state index contributed by atoms with van der Waals surface area (Å²) in [4.78, 5) is 17.5. The zero-order valence-corrected chi connectivity index (χ0v) is 17.0. The van der Waals surface area contributed by atoms with Crippen molar-refractivity contribution < 1.29 is 13.2 Å². The number of anilines is 1. The summed E-state index contributed by atoms with van der Waals surface area (Å²) in [5, 5.41) is 0. The normalized spacial score (nSPS) is 24.8. The van der Waals surface area contributed by atoms with Gasteiger partial charge >= 0.3 is 0 Å². The van der Waals surface area contributed by atoms with Crippen molar-refractivity contribution >= 4 is 21.4 Å². The standard InChI is InChI=1S/C21H30N2O3S/c1-16-8-9-20-17(13-16)5-4-11-22(20)14-21(24)23(18-6-2-3-7-18)19-10-12-27(25,26)15-19/h8-9,13,18-19H,2-7,10-12,14-15H2,1H3/t19-/m1/s1. The number of benzene rings is 1. The van der Waals surface area contributed by atoms with Crippen molar-refractivity contribution in [3.8, 4) is 0 Å². The van der Waals surface area contributed by atoms with E-state index in [0.717, 1.165) is 45.1 Å². The van der Waals surface area contributed by atoms with Crippen molar-refractivity contribution in [2.24, 2.45) is 0 Å². The fourth-order valence-corrected chi connectivity index (χ4v) is 6.81. The van der Waals surface area contributed by atoms with Gasteiger partial charge in [-0.2, -0.15) is 0 Å². The van der Waals surface area contributed by atoms with Crippen molar-refractivity contribution in [3.63, 3.8) is 0 Å². The van der Waals surface area contributed by atoms with Gasteiger partial charge in [0.25, 0.3) is 0 Å². The fraction of sp³-hybridized carbons (Fsp3) is 0.667. The first-order chi connectivity index (χ1) is 12.9. The Balaban J connectivity index is 1.54. The van der Waals surface area contributed by atoms with Crippen LogP contribution in [0, 0.1) is 6.92 Å². The number of nitrogens with zero attached hydrogens (tertiary/aromatic N) is 2. The summed E-state index contributed by atoms with van der Waals surface area (Å²) in [6, 6.07) is 6.56. The highest BCUT2D eigenvalue weighted by molar-refractivity contribution is 7.91. The van der Waals surface area contributed by atoms with Gasteiger partial charge in [-0.3, -0.25) is 4.79 Å². The van der Waals surface area contributed by atoms with Crippen LogP contribution in [0.25, 0.3) is 0 Å². The molecular weight excluding hydrogens is 360 g/mol. The van der Waals surface area contributed by atoms with Gasteiger partial charge < -0.3 is 9.80 Å². The van der Waals surface area contributed by atoms with Crippen LogP contribution in [0.4, 0.5) is 5.69 Å². The Bertz CT molecular complexity index is 815. The number of hydrogen-bond donors (Lipinski definition) is 0. The van der Waals surface area contributed by atoms with Crippen LogP contribution < -0.4 is 4.90 Å². The summed E-state index contributed by atoms with van der Waals surface area (Å²) in [5.41, 5.74) is 3.75. The highest BCUT2D eigenvalue weighted by Crippen LogP contribution is 2.31. The van der Waals surface area contributed by atoms with Gasteiger partial charge in [-0.1, -0.05) is 30.5 Å². The molecule has 2 heterocycles. The first-order valence-electron chi connectivity index (χ1n) is 10.3. The predicted molar refractivity (Wildman–Crippen MR) is 108 cm³/mol. The van der Waals surface area contributed by atoms with E-state index < -0.39 is 9.84 Å². The van der Waals surface area contributed by atoms with E-state index in [4.69, 9.17) is 0 Å². The molecule has 27 heavy (non-hydrogen) atoms. The van der Waals surface area contributed by atoms with Crippen molar-refractivity contribution in [1.82, 2.24) is 4.90 Å². The minimum Gasteiger partial charge on any atom is -0.362 e. The number of hydrogen-bond acceptors (Lipinski definition) is 4. The van der Waals surface area contributed by atoms with Gasteiger partial charge in [0.05, 0.1) is 18.1 Å². The maximum absolute atomic E-state index is 13.4. The van der Waals surface area contributed by atoms with Crippen molar-refractivity contribution in [1.29, 1.82) is 0 Å². The zero-order valence-electron chi connectivity index (χ0n) is 16.2. The lowest BCUT2D eigenvalue weighted by Crippen LogP contribution is -2.51. The van der Waals surface area contributed by atoms with Crippen LogP contribution in [-0.2, 0) is 21.1 Å². The molecule has 5 nitrogen and oxygen atoms in total. The molecule has 1 atom stereocenters. The van der Waals surface area contributed by atoms with Gasteiger partial charge in [0, 0.05) is 24.3 Å². The smallest absolute Gasteiger partial charge is 0.242 e. The van der Waals surface area contributed by atoms with Gasteiger partial charge in [-0.25, -0.2) is 8.42 Å². The second-order valence-electron chi connectivity index (χ2n) is 8.45. The molecule has 1 aliphatic carbocycles. The van der Waals surface area contributed by atoms with Crippen molar-refractivity contribution in [2.75, 3.05) is 29.5 Å². The molecule has 6 heteroatoms. The van der Waals surface area contributed by atoms with E-state index in [1.807, 2.05) is 4.90 Å². The number of amides is 1. The van der Waals surface area contributed by atoms with Crippen LogP contribution in [0.3, 0.4) is 0 Å². The van der Waals surface area contributed by atoms with E-state index in [2.05, 4.69) is 30.0 Å². The lowest BCUT2D eigenvalue weighted by atomic mass is 9.99. The summed E-state index contributed by atoms with van der Waals surface area (Å²) in [6.45, 7) is 3.36. The van der Waals surface area contributed by atoms with E-state index in [0.29, 0.717) is 13.0 Å². The minimum absolute atomic E-state index is 0.109. The molecule has 0 aromatic heterocycles. The topological polar surface area (TPSA) is 57.7 Å². The molecule has 0 unspecified atom stereocenters. The molecule has 4 rings (SSSR count). The van der Waals surface area contributed by atoms with E-state index in [1.165, 1.54) is 16.8 Å². The maximum atomic E-state index is 13.4. The van der Waals surface area contributed by atoms with Gasteiger partial charge in [0.15, 0.2) is 9.84 Å². The third-order valence-corrected chi connectivity index (χ3v) is 8.13. The highest BCUT2D eigenvalue weighted by Gasteiger charge is 2.39. The van der Waals surface area contributed by atoms with Crippen LogP contribution in [0.2, 0.25) is 0 Å². The number of aryl methyl sites for hydroxylation is 2. The average molecular weight is 391 g/mol. The Morgan fingerprint density at radius 2 is 1.93 bits per heavy atom. The third kappa shape index (κ3) is 4.00. The number of sulfone groups is 1. The van der Waals surface area contributed by atoms with Gasteiger partial charge in [-0.15, -0.1) is 0 Å². The largest absolute Gasteiger partial charge is 0.362 e. The summed E-state index contributed by atoms with van der Waals surface area (Å²) >= 11 is 0. The molecule has 1 amide bonds. The number of carbonyl (C=O) groups excluding carboxylic acids is 1. The molecule has 1 aromatic rings. The van der Waals surface area contributed by atoms with Gasteiger partial charge in [0.2, 0.25) is 5.91 Å². The third-order valence-electron chi connectivity index (χ3n) is 6.38. The summed E-state index contributed by atoms with van der Waals surface area (Å²) < 4.78 is 24.0. The molecule has 0 spiro atoms. The van der Waals surface area contributed by atoms with Crippen LogP contribution in [0.5, 0.6) is 0 Å². The minimum atomic E-state index is -3.00. The Morgan fingerprint density at radius 3 is 2.63 bits per heavy atom. The molecule has 0 bridgehead atoms. The summed E-state index contributed by atoms with van der Waals surface area (Å²) in [6.07, 6.45) is 7.02. The molecule has 2 aliphatic heterocycles. The number of carbonyl (C=O) groups is 1. The first kappa shape index (κ1) is 18.8. The second-order valence-corrected chi connectivity index (χ2v) is 10.7. The van der Waals surface area contributed by atoms with E-state index >= 15 is 0 Å². The van der Waals surface area contributed by atoms with E-state index in [9.17, 15) is 13.2 Å². The molecule has 1 saturated carbocycles. The maximum Gasteiger partial charge on any atom is 0.242 e. The number of fused-ring (bicyclic) bond motifs is 1. The number of rotatable bonds is 4. The highest BCUT2D eigenvalue weighted by atomic mass is 32.2. The Labute approximate surface area is 162 Å². The zero-order chi connectivity index (χ0) is 19.0. The van der Waals surface area contributed by atoms with Crippen LogP contribution in [0.15, 0.2) is 18.2 Å². The lowest BCUT2D eigenvalue weighted by Gasteiger charge is -2.38. The molecule has 0 radical (unpaired) electrons. The van der Waals surface area contributed by atoms with Crippen LogP contribution >= 0.6 is 0 Å². The predicted octanol–water partition coefficient (Wildman–Crippen LogP) is 2.71. The summed E-state index contributed by atoms with van der Waals surface area (Å²) in [7, 11) is -3.00. The lowest BCUT2D eigenvalue weighted by molar-refractivity contribution is -0.134. The quantitative estimate of drug-likeness (QED) is 0.793. The Kier molecular flexibility index (Phi) is 5.19. The van der Waals surface area contributed by atoms with Crippen LogP contribution in [-0.4, -0.2) is 55.9 Å². The molecular formula is C21H30N2O3S. The van der Waals surface area contributed by atoms with E-state index in [1.54, 1.807) is 0 Å². The van der Waals surface area contributed by atoms with E-state index in [-0.39, 0.29) is 29.5 Å². The fourth-order valence-electron chi connectivity index (χ4n) is 5.10. The molecule has 2 fully saturated rings. The first-order valence-corrected chi connectivity index (χ1v) is 12.1. The Morgan fingerprint density at radius 1 is 1.15 bits per heavy atom. The van der Waals surface area contributed by atoms with Crippen LogP contribution in [0.1, 0.15) is 49.7 Å². The molecule has 1 saturated heterocycles. The molecule has 1 aromatic carbocycles.